The summed E-state index contributed by atoms with van der Waals surface area (Å²) in [7, 11) is -2.46. The molecule has 2 heterocycles. The van der Waals surface area contributed by atoms with Crippen LogP contribution in [-0.4, -0.2) is 40.6 Å². The van der Waals surface area contributed by atoms with Crippen LogP contribution in [0.25, 0.3) is 0 Å². The lowest BCUT2D eigenvalue weighted by molar-refractivity contribution is 0.0602. The van der Waals surface area contributed by atoms with Gasteiger partial charge in [0.1, 0.15) is 9.77 Å². The Balaban J connectivity index is 2.20. The highest BCUT2D eigenvalue weighted by Gasteiger charge is 2.28. The van der Waals surface area contributed by atoms with Crippen molar-refractivity contribution in [1.29, 1.82) is 0 Å². The summed E-state index contributed by atoms with van der Waals surface area (Å²) in [4.78, 5) is 11.8. The van der Waals surface area contributed by atoms with Gasteiger partial charge in [-0.05, 0) is 37.3 Å². The van der Waals surface area contributed by atoms with Gasteiger partial charge in [0, 0.05) is 12.6 Å². The number of aryl methyl sites for hydroxylation is 1. The molecule has 2 rings (SSSR count). The predicted octanol–water partition coefficient (Wildman–Crippen LogP) is 0.873. The van der Waals surface area contributed by atoms with E-state index in [1.807, 2.05) is 0 Å². The van der Waals surface area contributed by atoms with Crippen LogP contribution in [0.5, 0.6) is 0 Å². The molecule has 0 saturated carbocycles. The number of nitrogens with one attached hydrogen (secondary N) is 2. The highest BCUT2D eigenvalue weighted by atomic mass is 32.2. The number of hydrogen-bond donors (Lipinski definition) is 2. The SMILES string of the molecule is COC(=O)c1scc(C)c1S(=O)(=O)NCC1CCCN1. The first-order valence-electron chi connectivity index (χ1n) is 6.35. The fourth-order valence-corrected chi connectivity index (χ4v) is 5.00. The molecule has 1 saturated heterocycles. The lowest BCUT2D eigenvalue weighted by atomic mass is 10.2. The summed E-state index contributed by atoms with van der Waals surface area (Å²) in [6, 6.07) is 0.158. The van der Waals surface area contributed by atoms with Gasteiger partial charge in [0.15, 0.2) is 0 Å². The maximum atomic E-state index is 12.4. The Hall–Kier alpha value is -0.960. The molecule has 0 aliphatic carbocycles. The summed E-state index contributed by atoms with van der Waals surface area (Å²) in [6.07, 6.45) is 2.01. The molecule has 0 aromatic carbocycles. The van der Waals surface area contributed by atoms with Gasteiger partial charge >= 0.3 is 5.97 Å². The minimum atomic E-state index is -3.70. The molecule has 1 atom stereocenters. The number of sulfonamides is 1. The largest absolute Gasteiger partial charge is 0.465 e. The molecule has 1 aromatic rings. The Labute approximate surface area is 122 Å². The number of rotatable bonds is 5. The van der Waals surface area contributed by atoms with Crippen molar-refractivity contribution in [1.82, 2.24) is 10.0 Å². The number of carbonyl (C=O) groups is 1. The average molecular weight is 318 g/mol. The van der Waals surface area contributed by atoms with Gasteiger partial charge in [-0.2, -0.15) is 0 Å². The zero-order valence-electron chi connectivity index (χ0n) is 11.4. The monoisotopic (exact) mass is 318 g/mol. The molecule has 20 heavy (non-hydrogen) atoms. The highest BCUT2D eigenvalue weighted by Crippen LogP contribution is 2.27. The second kappa shape index (κ2) is 6.21. The molecule has 6 nitrogen and oxygen atoms in total. The second-order valence-electron chi connectivity index (χ2n) is 4.71. The summed E-state index contributed by atoms with van der Waals surface area (Å²) >= 11 is 1.08. The highest BCUT2D eigenvalue weighted by molar-refractivity contribution is 7.89. The van der Waals surface area contributed by atoms with Crippen molar-refractivity contribution in [3.05, 3.63) is 15.8 Å². The molecule has 1 fully saturated rings. The fraction of sp³-hybridized carbons (Fsp3) is 0.583. The van der Waals surface area contributed by atoms with Crippen molar-refractivity contribution >= 4 is 27.3 Å². The van der Waals surface area contributed by atoms with Crippen molar-refractivity contribution in [3.63, 3.8) is 0 Å². The molecule has 1 unspecified atom stereocenters. The number of esters is 1. The van der Waals surface area contributed by atoms with E-state index in [1.54, 1.807) is 12.3 Å². The van der Waals surface area contributed by atoms with Crippen molar-refractivity contribution in [2.24, 2.45) is 0 Å². The van der Waals surface area contributed by atoms with Crippen LogP contribution < -0.4 is 10.0 Å². The minimum Gasteiger partial charge on any atom is -0.465 e. The number of thiophene rings is 1. The van der Waals surface area contributed by atoms with Crippen LogP contribution in [0.4, 0.5) is 0 Å². The zero-order chi connectivity index (χ0) is 14.8. The molecular formula is C12H18N2O4S2. The van der Waals surface area contributed by atoms with Crippen LogP contribution >= 0.6 is 11.3 Å². The van der Waals surface area contributed by atoms with Crippen molar-refractivity contribution in [2.45, 2.75) is 30.7 Å². The van der Waals surface area contributed by atoms with Crippen molar-refractivity contribution in [3.8, 4) is 0 Å². The van der Waals surface area contributed by atoms with E-state index in [-0.39, 0.29) is 15.8 Å². The van der Waals surface area contributed by atoms with E-state index in [1.165, 1.54) is 7.11 Å². The van der Waals surface area contributed by atoms with Gasteiger partial charge in [-0.3, -0.25) is 0 Å². The van der Waals surface area contributed by atoms with E-state index in [4.69, 9.17) is 0 Å². The van der Waals surface area contributed by atoms with Gasteiger partial charge < -0.3 is 10.1 Å². The summed E-state index contributed by atoms with van der Waals surface area (Å²) in [6.45, 7) is 2.92. The van der Waals surface area contributed by atoms with E-state index in [0.717, 1.165) is 30.7 Å². The summed E-state index contributed by atoms with van der Waals surface area (Å²) in [5.74, 6) is -0.623. The molecular weight excluding hydrogens is 300 g/mol. The van der Waals surface area contributed by atoms with Crippen LogP contribution in [0.1, 0.15) is 28.1 Å². The quantitative estimate of drug-likeness (QED) is 0.787. The normalized spacial score (nSPS) is 19.2. The van der Waals surface area contributed by atoms with Gasteiger partial charge in [0.2, 0.25) is 10.0 Å². The van der Waals surface area contributed by atoms with Crippen LogP contribution in [0.3, 0.4) is 0 Å². The Kier molecular flexibility index (Phi) is 4.79. The molecule has 0 spiro atoms. The number of carbonyl (C=O) groups excluding carboxylic acids is 1. The van der Waals surface area contributed by atoms with Gasteiger partial charge in [-0.1, -0.05) is 0 Å². The van der Waals surface area contributed by atoms with Gasteiger partial charge in [-0.25, -0.2) is 17.9 Å². The summed E-state index contributed by atoms with van der Waals surface area (Å²) in [5, 5.41) is 4.87. The lowest BCUT2D eigenvalue weighted by Gasteiger charge is -2.12. The maximum Gasteiger partial charge on any atom is 0.349 e. The minimum absolute atomic E-state index is 0.0346. The fourth-order valence-electron chi connectivity index (χ4n) is 2.21. The molecule has 1 aromatic heterocycles. The number of methoxy groups -OCH3 is 1. The van der Waals surface area contributed by atoms with Crippen molar-refractivity contribution < 1.29 is 17.9 Å². The van der Waals surface area contributed by atoms with Gasteiger partial charge in [0.25, 0.3) is 0 Å². The molecule has 1 aliphatic heterocycles. The van der Waals surface area contributed by atoms with Crippen LogP contribution in [0.15, 0.2) is 10.3 Å². The second-order valence-corrected chi connectivity index (χ2v) is 7.30. The van der Waals surface area contributed by atoms with E-state index in [0.29, 0.717) is 12.1 Å². The maximum absolute atomic E-state index is 12.4. The summed E-state index contributed by atoms with van der Waals surface area (Å²) < 4.78 is 31.9. The van der Waals surface area contributed by atoms with Crippen LogP contribution in [0.2, 0.25) is 0 Å². The molecule has 0 bridgehead atoms. The lowest BCUT2D eigenvalue weighted by Crippen LogP contribution is -2.37. The average Bonchev–Trinajstić information content (AvgIpc) is 3.04. The topological polar surface area (TPSA) is 84.5 Å². The molecule has 0 radical (unpaired) electrons. The molecule has 8 heteroatoms. The molecule has 2 N–H and O–H groups in total. The summed E-state index contributed by atoms with van der Waals surface area (Å²) in [5.41, 5.74) is 0.558. The smallest absolute Gasteiger partial charge is 0.349 e. The first kappa shape index (κ1) is 15.4. The predicted molar refractivity (Wildman–Crippen MR) is 76.6 cm³/mol. The van der Waals surface area contributed by atoms with E-state index < -0.39 is 16.0 Å². The van der Waals surface area contributed by atoms with Crippen LogP contribution in [0, 0.1) is 6.92 Å². The van der Waals surface area contributed by atoms with E-state index in [9.17, 15) is 13.2 Å². The van der Waals surface area contributed by atoms with Gasteiger partial charge in [0.05, 0.1) is 7.11 Å². The van der Waals surface area contributed by atoms with Crippen LogP contribution in [-0.2, 0) is 14.8 Å². The molecule has 0 amide bonds. The van der Waals surface area contributed by atoms with E-state index >= 15 is 0 Å². The Morgan fingerprint density at radius 3 is 2.95 bits per heavy atom. The third kappa shape index (κ3) is 3.20. The van der Waals surface area contributed by atoms with Crippen molar-refractivity contribution in [2.75, 3.05) is 20.2 Å². The van der Waals surface area contributed by atoms with Gasteiger partial charge in [-0.15, -0.1) is 11.3 Å². The standard InChI is InChI=1S/C12H18N2O4S2/c1-8-7-19-10(12(15)18-2)11(8)20(16,17)14-6-9-4-3-5-13-9/h7,9,13-14H,3-6H2,1-2H3. The zero-order valence-corrected chi connectivity index (χ0v) is 13.1. The number of ether oxygens (including phenoxy) is 1. The third-order valence-electron chi connectivity index (χ3n) is 3.24. The molecule has 1 aliphatic rings. The number of hydrogen-bond acceptors (Lipinski definition) is 6. The first-order valence-corrected chi connectivity index (χ1v) is 8.71. The molecule has 112 valence electrons. The Morgan fingerprint density at radius 2 is 2.35 bits per heavy atom. The Morgan fingerprint density at radius 1 is 1.60 bits per heavy atom. The first-order chi connectivity index (χ1) is 9.45. The third-order valence-corrected chi connectivity index (χ3v) is 6.06. The van der Waals surface area contributed by atoms with E-state index in [2.05, 4.69) is 14.8 Å². The Bertz CT molecular complexity index is 589.